The lowest BCUT2D eigenvalue weighted by Gasteiger charge is -2.23. The Morgan fingerprint density at radius 1 is 1.43 bits per heavy atom. The van der Waals surface area contributed by atoms with Crippen molar-refractivity contribution in [1.29, 1.82) is 0 Å². The lowest BCUT2D eigenvalue weighted by atomic mass is 9.95. The normalized spacial score (nSPS) is 27.6. The number of rotatable bonds is 1. The van der Waals surface area contributed by atoms with Gasteiger partial charge in [0.05, 0.1) is 13.4 Å². The van der Waals surface area contributed by atoms with Crippen molar-refractivity contribution in [2.75, 3.05) is 0 Å². The first-order valence-corrected chi connectivity index (χ1v) is 6.92. The first-order valence-electron chi connectivity index (χ1n) is 3.74. The molecular weight excluding hydrogens is 448 g/mol. The summed E-state index contributed by atoms with van der Waals surface area (Å²) >= 11 is 12.7. The fourth-order valence-electron chi connectivity index (χ4n) is 1.26. The van der Waals surface area contributed by atoms with E-state index in [1.165, 1.54) is 0 Å². The lowest BCUT2D eigenvalue weighted by Crippen LogP contribution is -2.29. The predicted molar refractivity (Wildman–Crippen MR) is 70.0 cm³/mol. The maximum atomic E-state index is 11.7. The number of hydrogen-bond donors (Lipinski definition) is 1. The Kier molecular flexibility index (Phi) is 4.20. The van der Waals surface area contributed by atoms with Crippen molar-refractivity contribution in [3.8, 4) is 0 Å². The van der Waals surface area contributed by atoms with E-state index in [2.05, 4.69) is 63.7 Å². The highest BCUT2D eigenvalue weighted by molar-refractivity contribution is 9.28. The Morgan fingerprint density at radius 2 is 1.93 bits per heavy atom. The average molecular weight is 454 g/mol. The van der Waals surface area contributed by atoms with Crippen LogP contribution in [0.15, 0.2) is 17.9 Å². The van der Waals surface area contributed by atoms with Gasteiger partial charge in [-0.2, -0.15) is 0 Å². The first-order chi connectivity index (χ1) is 6.36. The van der Waals surface area contributed by atoms with Crippen LogP contribution in [0.3, 0.4) is 0 Å². The van der Waals surface area contributed by atoms with Crippen LogP contribution in [0.1, 0.15) is 13.3 Å². The molecule has 1 aliphatic rings. The third-order valence-corrected chi connectivity index (χ3v) is 5.23. The van der Waals surface area contributed by atoms with Gasteiger partial charge in [-0.05, 0) is 54.2 Å². The number of allylic oxidation sites excluding steroid dienone is 1. The predicted octanol–water partition coefficient (Wildman–Crippen LogP) is 3.71. The second kappa shape index (κ2) is 4.49. The van der Waals surface area contributed by atoms with Crippen molar-refractivity contribution < 1.29 is 9.90 Å². The second-order valence-corrected chi connectivity index (χ2v) is 7.04. The summed E-state index contributed by atoms with van der Waals surface area (Å²) in [5.41, 5.74) is -0.920. The van der Waals surface area contributed by atoms with Crippen LogP contribution in [-0.4, -0.2) is 16.5 Å². The largest absolute Gasteiger partial charge is 0.380 e. The minimum absolute atomic E-state index is 0.218. The quantitative estimate of drug-likeness (QED) is 0.615. The molecule has 0 unspecified atom stereocenters. The molecule has 1 rings (SSSR count). The van der Waals surface area contributed by atoms with Crippen LogP contribution < -0.4 is 0 Å². The molecule has 0 radical (unpaired) electrons. The van der Waals surface area contributed by atoms with Crippen molar-refractivity contribution in [3.05, 3.63) is 17.9 Å². The monoisotopic (exact) mass is 450 g/mol. The summed E-state index contributed by atoms with van der Waals surface area (Å²) in [6.45, 7) is 1.81. The minimum Gasteiger partial charge on any atom is -0.380 e. The molecule has 1 aliphatic carbocycles. The van der Waals surface area contributed by atoms with Crippen LogP contribution in [0, 0.1) is 0 Å². The zero-order valence-corrected chi connectivity index (χ0v) is 13.4. The number of carbonyl (C=O) groups is 1. The summed E-state index contributed by atoms with van der Waals surface area (Å²) in [5.74, 6) is -0.218. The molecule has 0 bridgehead atoms. The highest BCUT2D eigenvalue weighted by atomic mass is 79.9. The van der Waals surface area contributed by atoms with E-state index in [9.17, 15) is 9.90 Å². The molecular formula is C8H6Br4O2. The van der Waals surface area contributed by atoms with Gasteiger partial charge < -0.3 is 5.11 Å². The molecule has 0 spiro atoms. The number of Topliss-reactive ketones (excluding diaryl/α,β-unsaturated/α-hetero) is 1. The van der Waals surface area contributed by atoms with E-state index < -0.39 is 5.60 Å². The first kappa shape index (κ1) is 13.1. The van der Waals surface area contributed by atoms with Gasteiger partial charge in [0, 0.05) is 4.48 Å². The number of halogens is 4. The summed E-state index contributed by atoms with van der Waals surface area (Å²) in [6, 6.07) is 0. The van der Waals surface area contributed by atoms with Crippen molar-refractivity contribution in [2.24, 2.45) is 0 Å². The van der Waals surface area contributed by atoms with Crippen LogP contribution in [0.25, 0.3) is 0 Å². The van der Waals surface area contributed by atoms with Gasteiger partial charge in [0.1, 0.15) is 5.60 Å². The van der Waals surface area contributed by atoms with Crippen molar-refractivity contribution >= 4 is 69.5 Å². The van der Waals surface area contributed by atoms with Crippen LogP contribution in [-0.2, 0) is 4.79 Å². The molecule has 6 heteroatoms. The SMILES string of the molecule is CC[C@@]1(O)C(Br)=C(Br)C(=O)C1=C(Br)Br. The molecule has 0 heterocycles. The molecule has 0 aromatic rings. The summed E-state index contributed by atoms with van der Waals surface area (Å²) < 4.78 is 1.32. The van der Waals surface area contributed by atoms with Gasteiger partial charge in [-0.25, -0.2) is 0 Å². The highest BCUT2D eigenvalue weighted by Gasteiger charge is 2.47. The van der Waals surface area contributed by atoms with Gasteiger partial charge in [-0.15, -0.1) is 0 Å². The molecule has 0 amide bonds. The topological polar surface area (TPSA) is 37.3 Å². The van der Waals surface area contributed by atoms with Gasteiger partial charge >= 0.3 is 0 Å². The lowest BCUT2D eigenvalue weighted by molar-refractivity contribution is -0.112. The maximum Gasteiger partial charge on any atom is 0.201 e. The van der Waals surface area contributed by atoms with Gasteiger partial charge in [0.25, 0.3) is 0 Å². The van der Waals surface area contributed by atoms with Gasteiger partial charge in [0.15, 0.2) is 0 Å². The van der Waals surface area contributed by atoms with E-state index >= 15 is 0 Å². The average Bonchev–Trinajstić information content (AvgIpc) is 2.29. The summed E-state index contributed by atoms with van der Waals surface area (Å²) in [6.07, 6.45) is 0.421. The Morgan fingerprint density at radius 3 is 2.21 bits per heavy atom. The smallest absolute Gasteiger partial charge is 0.201 e. The van der Waals surface area contributed by atoms with E-state index in [1.807, 2.05) is 6.92 Å². The van der Waals surface area contributed by atoms with Crippen molar-refractivity contribution in [2.45, 2.75) is 18.9 Å². The molecule has 1 N–H and O–H groups in total. The molecule has 0 aromatic heterocycles. The molecule has 0 saturated heterocycles. The molecule has 0 aliphatic heterocycles. The standard InChI is InChI=1S/C8H6Br4O2/c1-2-8(14)3(7(11)12)5(13)4(9)6(8)10/h14H,2H2,1H3/t8-/m0/s1. The summed E-state index contributed by atoms with van der Waals surface area (Å²) in [7, 11) is 0. The van der Waals surface area contributed by atoms with Crippen LogP contribution in [0.5, 0.6) is 0 Å². The summed E-state index contributed by atoms with van der Waals surface area (Å²) in [4.78, 5) is 11.7. The molecule has 0 aromatic carbocycles. The highest BCUT2D eigenvalue weighted by Crippen LogP contribution is 2.48. The van der Waals surface area contributed by atoms with E-state index in [1.54, 1.807) is 0 Å². The summed E-state index contributed by atoms with van der Waals surface area (Å²) in [5, 5.41) is 10.3. The zero-order valence-electron chi connectivity index (χ0n) is 7.07. The van der Waals surface area contributed by atoms with Crippen molar-refractivity contribution in [1.82, 2.24) is 0 Å². The Hall–Kier alpha value is 1.03. The van der Waals surface area contributed by atoms with Crippen LogP contribution >= 0.6 is 63.7 Å². The van der Waals surface area contributed by atoms with E-state index in [0.717, 1.165) is 0 Å². The zero-order chi connectivity index (χ0) is 11.1. The Bertz CT molecular complexity index is 354. The van der Waals surface area contributed by atoms with Gasteiger partial charge in [-0.3, -0.25) is 4.79 Å². The third-order valence-electron chi connectivity index (χ3n) is 2.10. The van der Waals surface area contributed by atoms with Gasteiger partial charge in [0.2, 0.25) is 5.78 Å². The molecule has 78 valence electrons. The van der Waals surface area contributed by atoms with E-state index in [-0.39, 0.29) is 5.78 Å². The fourth-order valence-corrected chi connectivity index (χ4v) is 3.46. The number of hydrogen-bond acceptors (Lipinski definition) is 2. The Labute approximate surface area is 115 Å². The van der Waals surface area contributed by atoms with Gasteiger partial charge in [-0.1, -0.05) is 22.9 Å². The minimum atomic E-state index is -1.24. The molecule has 0 fully saturated rings. The molecule has 0 saturated carbocycles. The molecule has 1 atom stereocenters. The van der Waals surface area contributed by atoms with Crippen molar-refractivity contribution in [3.63, 3.8) is 0 Å². The number of carbonyl (C=O) groups excluding carboxylic acids is 1. The molecule has 2 nitrogen and oxygen atoms in total. The fraction of sp³-hybridized carbons (Fsp3) is 0.375. The maximum absolute atomic E-state index is 11.7. The van der Waals surface area contributed by atoms with Crippen LogP contribution in [0.4, 0.5) is 0 Å². The number of ketones is 1. The molecule has 14 heavy (non-hydrogen) atoms. The second-order valence-electron chi connectivity index (χ2n) is 2.81. The van der Waals surface area contributed by atoms with E-state index in [4.69, 9.17) is 0 Å². The number of aliphatic hydroxyl groups is 1. The van der Waals surface area contributed by atoms with E-state index in [0.29, 0.717) is 24.4 Å². The Balaban J connectivity index is 3.43. The van der Waals surface area contributed by atoms with Crippen LogP contribution in [0.2, 0.25) is 0 Å². The third kappa shape index (κ3) is 1.84.